The van der Waals surface area contributed by atoms with Crippen molar-refractivity contribution < 1.29 is 4.74 Å². The third kappa shape index (κ3) is 3.51. The first-order valence-electron chi connectivity index (χ1n) is 4.68. The van der Waals surface area contributed by atoms with E-state index in [1.54, 1.807) is 0 Å². The van der Waals surface area contributed by atoms with Gasteiger partial charge in [0.25, 0.3) is 0 Å². The van der Waals surface area contributed by atoms with Crippen molar-refractivity contribution in [1.82, 2.24) is 0 Å². The highest BCUT2D eigenvalue weighted by Gasteiger charge is 1.95. The fraction of sp³-hybridized carbons (Fsp3) is 0.333. The highest BCUT2D eigenvalue weighted by Crippen LogP contribution is 2.12. The Hall–Kier alpha value is -1.46. The van der Waals surface area contributed by atoms with Crippen LogP contribution in [0.4, 0.5) is 0 Å². The number of benzene rings is 1. The van der Waals surface area contributed by atoms with Crippen LogP contribution in [0.2, 0.25) is 0 Å². The summed E-state index contributed by atoms with van der Waals surface area (Å²) in [6.45, 7) is 4.40. The summed E-state index contributed by atoms with van der Waals surface area (Å²) in [7, 11) is 0. The molecule has 1 rings (SSSR count). The van der Waals surface area contributed by atoms with Crippen LogP contribution in [0.3, 0.4) is 0 Å². The first-order chi connectivity index (χ1) is 6.72. The molecule has 2 heteroatoms. The summed E-state index contributed by atoms with van der Waals surface area (Å²) in [5.74, 6) is 6.63. The van der Waals surface area contributed by atoms with Gasteiger partial charge in [-0.1, -0.05) is 11.8 Å². The van der Waals surface area contributed by atoms with Gasteiger partial charge < -0.3 is 10.5 Å². The van der Waals surface area contributed by atoms with Crippen molar-refractivity contribution in [3.05, 3.63) is 29.8 Å². The van der Waals surface area contributed by atoms with Crippen LogP contribution in [-0.2, 0) is 0 Å². The topological polar surface area (TPSA) is 35.2 Å². The summed E-state index contributed by atoms with van der Waals surface area (Å²) in [4.78, 5) is 0. The van der Waals surface area contributed by atoms with Crippen LogP contribution in [0, 0.1) is 11.8 Å². The van der Waals surface area contributed by atoms with Gasteiger partial charge in [0.15, 0.2) is 0 Å². The third-order valence-electron chi connectivity index (χ3n) is 1.56. The number of nitrogens with two attached hydrogens (primary N) is 1. The summed E-state index contributed by atoms with van der Waals surface area (Å²) in [5.41, 5.74) is 6.24. The van der Waals surface area contributed by atoms with Crippen molar-refractivity contribution in [2.45, 2.75) is 20.0 Å². The van der Waals surface area contributed by atoms with E-state index in [4.69, 9.17) is 10.5 Å². The predicted molar refractivity (Wildman–Crippen MR) is 58.1 cm³/mol. The quantitative estimate of drug-likeness (QED) is 0.720. The van der Waals surface area contributed by atoms with Crippen molar-refractivity contribution in [3.8, 4) is 17.6 Å². The van der Waals surface area contributed by atoms with Gasteiger partial charge in [0.05, 0.1) is 12.6 Å². The van der Waals surface area contributed by atoms with Gasteiger partial charge in [-0.3, -0.25) is 0 Å². The molecule has 0 fully saturated rings. The molecule has 0 heterocycles. The molecular weight excluding hydrogens is 174 g/mol. The minimum Gasteiger partial charge on any atom is -0.491 e. The van der Waals surface area contributed by atoms with Gasteiger partial charge in [0.1, 0.15) is 5.75 Å². The smallest absolute Gasteiger partial charge is 0.119 e. The van der Waals surface area contributed by atoms with Crippen LogP contribution in [0.5, 0.6) is 5.75 Å². The van der Waals surface area contributed by atoms with Crippen molar-refractivity contribution in [3.63, 3.8) is 0 Å². The maximum Gasteiger partial charge on any atom is 0.119 e. The molecule has 0 aliphatic carbocycles. The van der Waals surface area contributed by atoms with E-state index in [9.17, 15) is 0 Å². The second kappa shape index (κ2) is 5.31. The highest BCUT2D eigenvalue weighted by molar-refractivity contribution is 5.38. The molecule has 0 amide bonds. The van der Waals surface area contributed by atoms with Crippen LogP contribution in [0.15, 0.2) is 24.3 Å². The molecule has 14 heavy (non-hydrogen) atoms. The lowest BCUT2D eigenvalue weighted by atomic mass is 10.2. The van der Waals surface area contributed by atoms with E-state index >= 15 is 0 Å². The Bertz CT molecular complexity index is 330. The van der Waals surface area contributed by atoms with Crippen molar-refractivity contribution >= 4 is 0 Å². The van der Waals surface area contributed by atoms with Crippen molar-refractivity contribution in [2.24, 2.45) is 5.73 Å². The lowest BCUT2D eigenvalue weighted by Crippen LogP contribution is -2.05. The molecule has 0 spiro atoms. The van der Waals surface area contributed by atoms with Gasteiger partial charge in [0.2, 0.25) is 0 Å². The first kappa shape index (κ1) is 10.6. The largest absolute Gasteiger partial charge is 0.491 e. The molecule has 74 valence electrons. The second-order valence-electron chi connectivity index (χ2n) is 3.20. The Kier molecular flexibility index (Phi) is 4.03. The molecule has 1 aromatic rings. The predicted octanol–water partition coefficient (Wildman–Crippen LogP) is 1.78. The van der Waals surface area contributed by atoms with Crippen LogP contribution in [0.25, 0.3) is 0 Å². The molecule has 1 aromatic carbocycles. The van der Waals surface area contributed by atoms with E-state index in [1.165, 1.54) is 0 Å². The Morgan fingerprint density at radius 1 is 1.29 bits per heavy atom. The molecule has 0 aliphatic heterocycles. The minimum atomic E-state index is 0.205. The average Bonchev–Trinajstić information content (AvgIpc) is 2.16. The van der Waals surface area contributed by atoms with Gasteiger partial charge in [-0.25, -0.2) is 0 Å². The minimum absolute atomic E-state index is 0.205. The molecule has 0 atom stereocenters. The molecule has 0 aromatic heterocycles. The molecule has 0 saturated carbocycles. The highest BCUT2D eigenvalue weighted by atomic mass is 16.5. The van der Waals surface area contributed by atoms with Crippen LogP contribution in [-0.4, -0.2) is 12.6 Å². The average molecular weight is 189 g/mol. The van der Waals surface area contributed by atoms with Crippen LogP contribution >= 0.6 is 0 Å². The van der Waals surface area contributed by atoms with Gasteiger partial charge in [0, 0.05) is 5.56 Å². The monoisotopic (exact) mass is 189 g/mol. The van der Waals surface area contributed by atoms with Gasteiger partial charge in [-0.15, -0.1) is 0 Å². The zero-order valence-electron chi connectivity index (χ0n) is 8.58. The zero-order valence-corrected chi connectivity index (χ0v) is 8.58. The standard InChI is InChI=1S/C12H15NO/c1-10(2)14-12-7-5-11(6-8-12)4-3-9-13/h5-8,10H,9,13H2,1-2H3. The Labute approximate surface area is 85.1 Å². The molecule has 2 nitrogen and oxygen atoms in total. The molecule has 0 unspecified atom stereocenters. The summed E-state index contributed by atoms with van der Waals surface area (Å²) < 4.78 is 5.50. The summed E-state index contributed by atoms with van der Waals surface area (Å²) in [6.07, 6.45) is 0.205. The van der Waals surface area contributed by atoms with E-state index in [0.717, 1.165) is 11.3 Å². The van der Waals surface area contributed by atoms with Crippen LogP contribution < -0.4 is 10.5 Å². The third-order valence-corrected chi connectivity index (χ3v) is 1.56. The van der Waals surface area contributed by atoms with Gasteiger partial charge in [-0.2, -0.15) is 0 Å². The number of hydrogen-bond donors (Lipinski definition) is 1. The lowest BCUT2D eigenvalue weighted by Gasteiger charge is -2.08. The van der Waals surface area contributed by atoms with Crippen molar-refractivity contribution in [1.29, 1.82) is 0 Å². The van der Waals surface area contributed by atoms with E-state index in [2.05, 4.69) is 11.8 Å². The van der Waals surface area contributed by atoms with E-state index in [-0.39, 0.29) is 6.10 Å². The van der Waals surface area contributed by atoms with E-state index in [0.29, 0.717) is 6.54 Å². The molecule has 0 saturated heterocycles. The first-order valence-corrected chi connectivity index (χ1v) is 4.68. The van der Waals surface area contributed by atoms with E-state index in [1.807, 2.05) is 38.1 Å². The number of rotatable bonds is 2. The maximum absolute atomic E-state index is 5.50. The van der Waals surface area contributed by atoms with E-state index < -0.39 is 0 Å². The lowest BCUT2D eigenvalue weighted by molar-refractivity contribution is 0.242. The normalized spacial score (nSPS) is 9.43. The molecule has 2 N–H and O–H groups in total. The number of ether oxygens (including phenoxy) is 1. The van der Waals surface area contributed by atoms with Crippen molar-refractivity contribution in [2.75, 3.05) is 6.54 Å². The molecule has 0 aliphatic rings. The SMILES string of the molecule is CC(C)Oc1ccc(C#CCN)cc1. The molecule has 0 radical (unpaired) electrons. The maximum atomic E-state index is 5.50. The number of hydrogen-bond acceptors (Lipinski definition) is 2. The molecule has 0 bridgehead atoms. The zero-order chi connectivity index (χ0) is 10.4. The summed E-state index contributed by atoms with van der Waals surface area (Å²) in [6, 6.07) is 7.70. The summed E-state index contributed by atoms with van der Waals surface area (Å²) >= 11 is 0. The van der Waals surface area contributed by atoms with Crippen LogP contribution in [0.1, 0.15) is 19.4 Å². The Morgan fingerprint density at radius 3 is 2.43 bits per heavy atom. The fourth-order valence-corrected chi connectivity index (χ4v) is 1.04. The Balaban J connectivity index is 2.68. The summed E-state index contributed by atoms with van der Waals surface area (Å²) in [5, 5.41) is 0. The molecular formula is C12H15NO. The fourth-order valence-electron chi connectivity index (χ4n) is 1.04. The van der Waals surface area contributed by atoms with Gasteiger partial charge in [-0.05, 0) is 38.1 Å². The second-order valence-corrected chi connectivity index (χ2v) is 3.20. The Morgan fingerprint density at radius 2 is 1.93 bits per heavy atom. The van der Waals surface area contributed by atoms with Gasteiger partial charge >= 0.3 is 0 Å².